The minimum Gasteiger partial charge on any atom is -0.497 e. The van der Waals surface area contributed by atoms with Crippen LogP contribution in [0.4, 0.5) is 5.69 Å². The van der Waals surface area contributed by atoms with E-state index in [0.29, 0.717) is 30.2 Å². The zero-order valence-electron chi connectivity index (χ0n) is 25.2. The Bertz CT molecular complexity index is 1440. The minimum atomic E-state index is -4.17. The molecule has 0 aliphatic heterocycles. The highest BCUT2D eigenvalue weighted by Crippen LogP contribution is 2.26. The molecule has 0 heterocycles. The van der Waals surface area contributed by atoms with Crippen LogP contribution in [-0.4, -0.2) is 57.0 Å². The fraction of sp³-hybridized carbons (Fsp3) is 0.375. The Kier molecular flexibility index (Phi) is 11.0. The van der Waals surface area contributed by atoms with Gasteiger partial charge in [-0.25, -0.2) is 8.42 Å². The van der Waals surface area contributed by atoms with Gasteiger partial charge in [-0.05, 0) is 88.2 Å². The first-order chi connectivity index (χ1) is 19.9. The summed E-state index contributed by atoms with van der Waals surface area (Å²) in [4.78, 5) is 29.1. The van der Waals surface area contributed by atoms with Gasteiger partial charge in [0.15, 0.2) is 0 Å². The van der Waals surface area contributed by atoms with Gasteiger partial charge in [-0.15, -0.1) is 0 Å². The van der Waals surface area contributed by atoms with E-state index in [1.54, 1.807) is 67.8 Å². The summed E-state index contributed by atoms with van der Waals surface area (Å²) >= 11 is 0. The van der Waals surface area contributed by atoms with Gasteiger partial charge in [0.25, 0.3) is 10.0 Å². The number of rotatable bonds is 13. The average Bonchev–Trinajstić information content (AvgIpc) is 2.95. The molecule has 0 saturated heterocycles. The number of ether oxygens (including phenoxy) is 2. The summed E-state index contributed by atoms with van der Waals surface area (Å²) in [7, 11) is -2.62. The topological polar surface area (TPSA) is 105 Å². The fourth-order valence-electron chi connectivity index (χ4n) is 4.46. The smallest absolute Gasteiger partial charge is 0.264 e. The number of sulfonamides is 1. The number of carbonyl (C=O) groups excluding carboxylic acids is 2. The molecule has 3 aromatic rings. The molecule has 0 aliphatic carbocycles. The van der Waals surface area contributed by atoms with Crippen molar-refractivity contribution in [2.75, 3.05) is 24.6 Å². The van der Waals surface area contributed by atoms with Crippen molar-refractivity contribution in [3.63, 3.8) is 0 Å². The van der Waals surface area contributed by atoms with E-state index in [1.807, 2.05) is 40.7 Å². The van der Waals surface area contributed by atoms with Gasteiger partial charge < -0.3 is 19.7 Å². The molecule has 0 radical (unpaired) electrons. The highest BCUT2D eigenvalue weighted by molar-refractivity contribution is 7.92. The molecule has 0 aromatic heterocycles. The number of para-hydroxylation sites is 1. The van der Waals surface area contributed by atoms with Crippen LogP contribution in [0.25, 0.3) is 0 Å². The Morgan fingerprint density at radius 3 is 2.14 bits per heavy atom. The quantitative estimate of drug-likeness (QED) is 0.298. The molecule has 3 rings (SSSR count). The number of carbonyl (C=O) groups is 2. The minimum absolute atomic E-state index is 0.0134. The summed E-state index contributed by atoms with van der Waals surface area (Å²) < 4.78 is 39.9. The maximum atomic E-state index is 14.2. The largest absolute Gasteiger partial charge is 0.497 e. The molecule has 3 aromatic carbocycles. The second kappa shape index (κ2) is 14.2. The molecule has 1 atom stereocenters. The number of hydrogen-bond acceptors (Lipinski definition) is 6. The van der Waals surface area contributed by atoms with E-state index in [9.17, 15) is 18.0 Å². The summed E-state index contributed by atoms with van der Waals surface area (Å²) in [6.45, 7) is 9.29. The molecule has 10 heteroatoms. The van der Waals surface area contributed by atoms with Crippen molar-refractivity contribution >= 4 is 27.5 Å². The van der Waals surface area contributed by atoms with Crippen molar-refractivity contribution in [3.05, 3.63) is 84.4 Å². The molecule has 226 valence electrons. The molecule has 0 unspecified atom stereocenters. The van der Waals surface area contributed by atoms with Crippen LogP contribution < -0.4 is 19.1 Å². The number of hydrogen-bond donors (Lipinski definition) is 1. The third-order valence-corrected chi connectivity index (χ3v) is 8.21. The van der Waals surface area contributed by atoms with Crippen LogP contribution >= 0.6 is 0 Å². The van der Waals surface area contributed by atoms with E-state index in [4.69, 9.17) is 9.47 Å². The Hall–Kier alpha value is -4.05. The number of nitrogens with zero attached hydrogens (tertiary/aromatic N) is 2. The van der Waals surface area contributed by atoms with Crippen molar-refractivity contribution in [1.82, 2.24) is 10.2 Å². The van der Waals surface area contributed by atoms with E-state index >= 15 is 0 Å². The molecule has 0 fully saturated rings. The normalized spacial score (nSPS) is 12.2. The van der Waals surface area contributed by atoms with Crippen molar-refractivity contribution in [2.45, 2.75) is 64.1 Å². The predicted molar refractivity (Wildman–Crippen MR) is 164 cm³/mol. The molecule has 0 aliphatic rings. The summed E-state index contributed by atoms with van der Waals surface area (Å²) in [5, 5.41) is 2.97. The first-order valence-electron chi connectivity index (χ1n) is 13.9. The Morgan fingerprint density at radius 2 is 1.57 bits per heavy atom. The summed E-state index contributed by atoms with van der Waals surface area (Å²) in [5.41, 5.74) is 0.543. The monoisotopic (exact) mass is 595 g/mol. The van der Waals surface area contributed by atoms with E-state index in [0.717, 1.165) is 9.87 Å². The van der Waals surface area contributed by atoms with E-state index < -0.39 is 34.1 Å². The van der Waals surface area contributed by atoms with Gasteiger partial charge >= 0.3 is 0 Å². The molecule has 0 spiro atoms. The van der Waals surface area contributed by atoms with Crippen LogP contribution in [0.1, 0.15) is 46.6 Å². The summed E-state index contributed by atoms with van der Waals surface area (Å²) in [5.74, 6) is 0.309. The maximum Gasteiger partial charge on any atom is 0.264 e. The molecule has 0 saturated carbocycles. The molecule has 1 N–H and O–H groups in total. The van der Waals surface area contributed by atoms with Crippen molar-refractivity contribution in [3.8, 4) is 11.5 Å². The van der Waals surface area contributed by atoms with Gasteiger partial charge in [0.1, 0.15) is 24.1 Å². The van der Waals surface area contributed by atoms with Crippen LogP contribution in [0.5, 0.6) is 11.5 Å². The van der Waals surface area contributed by atoms with Crippen LogP contribution in [-0.2, 0) is 26.2 Å². The predicted octanol–water partition coefficient (Wildman–Crippen LogP) is 5.01. The third-order valence-electron chi connectivity index (χ3n) is 6.42. The van der Waals surface area contributed by atoms with Crippen LogP contribution in [0, 0.1) is 0 Å². The zero-order chi connectivity index (χ0) is 30.9. The average molecular weight is 596 g/mol. The standard InChI is InChI=1S/C32H41N3O6S/c1-7-29(31(37)33-32(3,4)5)34(22-24-13-12-16-27(21-24)40-6)30(36)23-35(25-14-10-9-11-15-25)42(38,39)28-19-17-26(18-20-28)41-8-2/h9-21,29H,7-8,22-23H2,1-6H3,(H,33,37)/t29-/m1/s1. The van der Waals surface area contributed by atoms with Crippen LogP contribution in [0.3, 0.4) is 0 Å². The lowest BCUT2D eigenvalue weighted by Gasteiger charge is -2.34. The first-order valence-corrected chi connectivity index (χ1v) is 15.4. The van der Waals surface area contributed by atoms with Crippen molar-refractivity contribution < 1.29 is 27.5 Å². The molecule has 9 nitrogen and oxygen atoms in total. The molecular weight excluding hydrogens is 554 g/mol. The second-order valence-corrected chi connectivity index (χ2v) is 12.7. The molecular formula is C32H41N3O6S. The third kappa shape index (κ3) is 8.48. The first kappa shape index (κ1) is 32.5. The highest BCUT2D eigenvalue weighted by Gasteiger charge is 2.34. The Balaban J connectivity index is 2.05. The lowest BCUT2D eigenvalue weighted by molar-refractivity contribution is -0.141. The van der Waals surface area contributed by atoms with Gasteiger partial charge in [-0.2, -0.15) is 0 Å². The number of amides is 2. The van der Waals surface area contributed by atoms with Gasteiger partial charge in [0.05, 0.1) is 24.3 Å². The SMILES string of the molecule is CCOc1ccc(S(=O)(=O)N(CC(=O)N(Cc2cccc(OC)c2)[C@H](CC)C(=O)NC(C)(C)C)c2ccccc2)cc1. The van der Waals surface area contributed by atoms with Crippen molar-refractivity contribution in [1.29, 1.82) is 0 Å². The second-order valence-electron chi connectivity index (χ2n) is 10.8. The summed E-state index contributed by atoms with van der Waals surface area (Å²) in [6.07, 6.45) is 0.328. The Labute approximate surface area is 249 Å². The van der Waals surface area contributed by atoms with E-state index in [-0.39, 0.29) is 17.3 Å². The fourth-order valence-corrected chi connectivity index (χ4v) is 5.88. The zero-order valence-corrected chi connectivity index (χ0v) is 26.0. The lowest BCUT2D eigenvalue weighted by atomic mass is 10.1. The van der Waals surface area contributed by atoms with E-state index in [2.05, 4.69) is 5.32 Å². The number of benzene rings is 3. The van der Waals surface area contributed by atoms with Gasteiger partial charge in [-0.1, -0.05) is 37.3 Å². The number of anilines is 1. The van der Waals surface area contributed by atoms with Gasteiger partial charge in [0.2, 0.25) is 11.8 Å². The van der Waals surface area contributed by atoms with Crippen LogP contribution in [0.2, 0.25) is 0 Å². The molecule has 2 amide bonds. The highest BCUT2D eigenvalue weighted by atomic mass is 32.2. The summed E-state index contributed by atoms with van der Waals surface area (Å²) in [6, 6.07) is 20.9. The number of methoxy groups -OCH3 is 1. The van der Waals surface area contributed by atoms with Crippen LogP contribution in [0.15, 0.2) is 83.8 Å². The number of nitrogens with one attached hydrogen (secondary N) is 1. The van der Waals surface area contributed by atoms with E-state index in [1.165, 1.54) is 17.0 Å². The Morgan fingerprint density at radius 1 is 0.905 bits per heavy atom. The van der Waals surface area contributed by atoms with Crippen molar-refractivity contribution in [2.24, 2.45) is 0 Å². The van der Waals surface area contributed by atoms with Gasteiger partial charge in [-0.3, -0.25) is 13.9 Å². The maximum absolute atomic E-state index is 14.2. The lowest BCUT2D eigenvalue weighted by Crippen LogP contribution is -2.55. The molecule has 0 bridgehead atoms. The molecule has 42 heavy (non-hydrogen) atoms. The van der Waals surface area contributed by atoms with Gasteiger partial charge in [0, 0.05) is 12.1 Å².